The van der Waals surface area contributed by atoms with Gasteiger partial charge < -0.3 is 4.90 Å². The van der Waals surface area contributed by atoms with Crippen LogP contribution in [-0.4, -0.2) is 39.2 Å². The van der Waals surface area contributed by atoms with E-state index in [4.69, 9.17) is 5.26 Å². The van der Waals surface area contributed by atoms with Crippen molar-refractivity contribution in [1.82, 2.24) is 19.7 Å². The van der Waals surface area contributed by atoms with Gasteiger partial charge in [0.25, 0.3) is 5.91 Å². The summed E-state index contributed by atoms with van der Waals surface area (Å²) in [6, 6.07) is 14.8. The molecule has 0 saturated heterocycles. The molecule has 1 aromatic carbocycles. The summed E-state index contributed by atoms with van der Waals surface area (Å²) in [6.45, 7) is 2.61. The number of nitriles is 1. The van der Waals surface area contributed by atoms with Gasteiger partial charge in [0.2, 0.25) is 0 Å². The van der Waals surface area contributed by atoms with Crippen LogP contribution in [0, 0.1) is 11.3 Å². The predicted molar refractivity (Wildman–Crippen MR) is 94.1 cm³/mol. The van der Waals surface area contributed by atoms with E-state index in [1.807, 2.05) is 49.5 Å². The van der Waals surface area contributed by atoms with Crippen LogP contribution in [-0.2, 0) is 0 Å². The van der Waals surface area contributed by atoms with Gasteiger partial charge in [-0.15, -0.1) is 0 Å². The van der Waals surface area contributed by atoms with Gasteiger partial charge in [0.15, 0.2) is 5.82 Å². The second-order valence-electron chi connectivity index (χ2n) is 5.56. The molecule has 0 unspecified atom stereocenters. The van der Waals surface area contributed by atoms with Gasteiger partial charge in [-0.25, -0.2) is 9.67 Å². The summed E-state index contributed by atoms with van der Waals surface area (Å²) in [4.78, 5) is 18.0. The van der Waals surface area contributed by atoms with Crippen LogP contribution in [0.1, 0.15) is 22.8 Å². The van der Waals surface area contributed by atoms with E-state index in [0.717, 1.165) is 11.3 Å². The average molecular weight is 331 g/mol. The summed E-state index contributed by atoms with van der Waals surface area (Å²) in [7, 11) is 1.78. The van der Waals surface area contributed by atoms with E-state index in [1.54, 1.807) is 28.8 Å². The summed E-state index contributed by atoms with van der Waals surface area (Å²) >= 11 is 0. The molecule has 0 radical (unpaired) electrons. The van der Waals surface area contributed by atoms with Crippen LogP contribution in [0.15, 0.2) is 54.9 Å². The van der Waals surface area contributed by atoms with Crippen molar-refractivity contribution < 1.29 is 4.79 Å². The fourth-order valence-corrected chi connectivity index (χ4v) is 2.34. The predicted octanol–water partition coefficient (Wildman–Crippen LogP) is 2.90. The number of hydrogen-bond donors (Lipinski definition) is 0. The minimum atomic E-state index is 0.00126. The molecule has 2 heterocycles. The smallest absolute Gasteiger partial charge is 0.253 e. The molecule has 1 amide bonds. The van der Waals surface area contributed by atoms with E-state index in [-0.39, 0.29) is 5.91 Å². The number of benzene rings is 1. The van der Waals surface area contributed by atoms with Crippen molar-refractivity contribution in [2.24, 2.45) is 0 Å². The van der Waals surface area contributed by atoms with Crippen molar-refractivity contribution in [3.05, 3.63) is 66.0 Å². The zero-order chi connectivity index (χ0) is 17.8. The third kappa shape index (κ3) is 3.40. The summed E-state index contributed by atoms with van der Waals surface area (Å²) in [5.74, 6) is 0.642. The Hall–Kier alpha value is -3.46. The highest BCUT2D eigenvalue weighted by molar-refractivity contribution is 5.94. The number of aromatic nitrogens is 3. The van der Waals surface area contributed by atoms with Gasteiger partial charge in [0.1, 0.15) is 6.07 Å². The van der Waals surface area contributed by atoms with Gasteiger partial charge in [0, 0.05) is 37.1 Å². The Morgan fingerprint density at radius 3 is 2.56 bits per heavy atom. The third-order valence-corrected chi connectivity index (χ3v) is 3.95. The first-order valence-electron chi connectivity index (χ1n) is 7.90. The van der Waals surface area contributed by atoms with Crippen LogP contribution in [0.2, 0.25) is 0 Å². The van der Waals surface area contributed by atoms with Crippen molar-refractivity contribution >= 4 is 5.91 Å². The van der Waals surface area contributed by atoms with Crippen molar-refractivity contribution in [1.29, 1.82) is 5.26 Å². The average Bonchev–Trinajstić information content (AvgIpc) is 3.17. The molecule has 0 N–H and O–H groups in total. The number of rotatable bonds is 4. The Balaban J connectivity index is 1.82. The number of carbonyl (C=O) groups excluding carboxylic acids is 1. The zero-order valence-corrected chi connectivity index (χ0v) is 14.0. The molecule has 0 saturated carbocycles. The Labute approximate surface area is 146 Å². The van der Waals surface area contributed by atoms with Crippen LogP contribution < -0.4 is 0 Å². The minimum absolute atomic E-state index is 0.00126. The molecule has 6 heteroatoms. The first-order chi connectivity index (χ1) is 12.1. The Kier molecular flexibility index (Phi) is 4.57. The molecule has 0 aliphatic heterocycles. The number of nitrogens with zero attached hydrogens (tertiary/aromatic N) is 5. The maximum atomic E-state index is 12.1. The van der Waals surface area contributed by atoms with Crippen LogP contribution in [0.25, 0.3) is 17.1 Å². The maximum Gasteiger partial charge on any atom is 0.253 e. The second-order valence-corrected chi connectivity index (χ2v) is 5.56. The lowest BCUT2D eigenvalue weighted by Gasteiger charge is -2.14. The van der Waals surface area contributed by atoms with Gasteiger partial charge in [-0.05, 0) is 37.3 Å². The van der Waals surface area contributed by atoms with Crippen LogP contribution in [0.4, 0.5) is 0 Å². The SMILES string of the molecule is CCN(C)C(=O)c1ccc(-c2ccn(-c3ccc(C#N)cn3)n2)cc1. The molecular formula is C19H17N5O. The first kappa shape index (κ1) is 16.4. The molecule has 25 heavy (non-hydrogen) atoms. The lowest BCUT2D eigenvalue weighted by atomic mass is 10.1. The summed E-state index contributed by atoms with van der Waals surface area (Å²) in [5, 5.41) is 13.3. The molecule has 3 aromatic rings. The monoisotopic (exact) mass is 331 g/mol. The molecule has 3 rings (SSSR count). The lowest BCUT2D eigenvalue weighted by molar-refractivity contribution is 0.0802. The van der Waals surface area contributed by atoms with E-state index in [0.29, 0.717) is 23.5 Å². The molecule has 0 atom stereocenters. The Bertz CT molecular complexity index is 920. The second kappa shape index (κ2) is 6.97. The zero-order valence-electron chi connectivity index (χ0n) is 14.0. The first-order valence-corrected chi connectivity index (χ1v) is 7.90. The topological polar surface area (TPSA) is 74.8 Å². The highest BCUT2D eigenvalue weighted by atomic mass is 16.2. The van der Waals surface area contributed by atoms with E-state index >= 15 is 0 Å². The van der Waals surface area contributed by atoms with E-state index in [1.165, 1.54) is 6.20 Å². The Morgan fingerprint density at radius 1 is 1.20 bits per heavy atom. The van der Waals surface area contributed by atoms with Gasteiger partial charge in [-0.1, -0.05) is 12.1 Å². The highest BCUT2D eigenvalue weighted by Crippen LogP contribution is 2.19. The van der Waals surface area contributed by atoms with Crippen LogP contribution >= 0.6 is 0 Å². The van der Waals surface area contributed by atoms with Gasteiger partial charge in [0.05, 0.1) is 11.3 Å². The fraction of sp³-hybridized carbons (Fsp3) is 0.158. The van der Waals surface area contributed by atoms with Crippen molar-refractivity contribution in [2.75, 3.05) is 13.6 Å². The maximum absolute atomic E-state index is 12.1. The van der Waals surface area contributed by atoms with Crippen LogP contribution in [0.3, 0.4) is 0 Å². The number of pyridine rings is 1. The molecule has 124 valence electrons. The van der Waals surface area contributed by atoms with E-state index in [2.05, 4.69) is 10.1 Å². The third-order valence-electron chi connectivity index (χ3n) is 3.95. The van der Waals surface area contributed by atoms with Gasteiger partial charge in [-0.3, -0.25) is 4.79 Å². The van der Waals surface area contributed by atoms with Gasteiger partial charge >= 0.3 is 0 Å². The molecule has 0 spiro atoms. The fourth-order valence-electron chi connectivity index (χ4n) is 2.34. The normalized spacial score (nSPS) is 10.3. The molecule has 0 fully saturated rings. The largest absolute Gasteiger partial charge is 0.342 e. The van der Waals surface area contributed by atoms with E-state index in [9.17, 15) is 4.79 Å². The summed E-state index contributed by atoms with van der Waals surface area (Å²) in [6.07, 6.45) is 3.33. The highest BCUT2D eigenvalue weighted by Gasteiger charge is 2.11. The number of amides is 1. The Morgan fingerprint density at radius 2 is 1.96 bits per heavy atom. The van der Waals surface area contributed by atoms with Crippen LogP contribution in [0.5, 0.6) is 0 Å². The van der Waals surface area contributed by atoms with Crippen molar-refractivity contribution in [3.8, 4) is 23.1 Å². The summed E-state index contributed by atoms with van der Waals surface area (Å²) < 4.78 is 1.65. The quantitative estimate of drug-likeness (QED) is 0.737. The molecule has 0 aliphatic carbocycles. The standard InChI is InChI=1S/C19H17N5O/c1-3-23(2)19(25)16-7-5-15(6-8-16)17-10-11-24(22-17)18-9-4-14(12-20)13-21-18/h4-11,13H,3H2,1-2H3. The molecule has 2 aromatic heterocycles. The molecular weight excluding hydrogens is 314 g/mol. The molecule has 6 nitrogen and oxygen atoms in total. The lowest BCUT2D eigenvalue weighted by Crippen LogP contribution is -2.26. The molecule has 0 bridgehead atoms. The van der Waals surface area contributed by atoms with Gasteiger partial charge in [-0.2, -0.15) is 10.4 Å². The number of hydrogen-bond acceptors (Lipinski definition) is 4. The summed E-state index contributed by atoms with van der Waals surface area (Å²) in [5.41, 5.74) is 2.87. The van der Waals surface area contributed by atoms with E-state index < -0.39 is 0 Å². The van der Waals surface area contributed by atoms with Crippen molar-refractivity contribution in [2.45, 2.75) is 6.92 Å². The molecule has 0 aliphatic rings. The van der Waals surface area contributed by atoms with Crippen molar-refractivity contribution in [3.63, 3.8) is 0 Å². The number of carbonyl (C=O) groups is 1. The minimum Gasteiger partial charge on any atom is -0.342 e.